The molecule has 0 atom stereocenters. The van der Waals surface area contributed by atoms with Crippen LogP contribution in [0.5, 0.6) is 0 Å². The van der Waals surface area contributed by atoms with Crippen molar-refractivity contribution >= 4 is 9.84 Å². The van der Waals surface area contributed by atoms with Crippen LogP contribution in [0.4, 0.5) is 0 Å². The van der Waals surface area contributed by atoms with Crippen LogP contribution in [0.3, 0.4) is 0 Å². The Morgan fingerprint density at radius 1 is 1.15 bits per heavy atom. The van der Waals surface area contributed by atoms with Crippen LogP contribution in [0, 0.1) is 0 Å². The van der Waals surface area contributed by atoms with E-state index in [0.717, 1.165) is 13.1 Å². The molecule has 1 heterocycles. The van der Waals surface area contributed by atoms with Gasteiger partial charge in [0.1, 0.15) is 0 Å². The predicted molar refractivity (Wildman–Crippen MR) is 51.4 cm³/mol. The van der Waals surface area contributed by atoms with Crippen LogP contribution in [0.15, 0.2) is 0 Å². The second-order valence-corrected chi connectivity index (χ2v) is 5.73. The molecule has 1 rings (SSSR count). The zero-order valence-electron chi connectivity index (χ0n) is 7.78. The molecule has 0 amide bonds. The first-order chi connectivity index (χ1) is 6.14. The molecule has 78 valence electrons. The van der Waals surface area contributed by atoms with Crippen molar-refractivity contribution in [1.82, 2.24) is 4.90 Å². The third-order valence-corrected chi connectivity index (χ3v) is 3.93. The van der Waals surface area contributed by atoms with Crippen molar-refractivity contribution in [3.8, 4) is 0 Å². The van der Waals surface area contributed by atoms with Crippen molar-refractivity contribution < 1.29 is 13.5 Å². The molecule has 1 saturated heterocycles. The molecular weight excluding hydrogens is 190 g/mol. The molecular formula is C8H17NO3S. The van der Waals surface area contributed by atoms with Gasteiger partial charge in [0.25, 0.3) is 0 Å². The maximum absolute atomic E-state index is 11.2. The SMILES string of the molecule is O=S(=O)(CCO)CCN1CCCC1. The average Bonchev–Trinajstić information content (AvgIpc) is 2.52. The average molecular weight is 207 g/mol. The summed E-state index contributed by atoms with van der Waals surface area (Å²) in [5.74, 6) is 0.0917. The summed E-state index contributed by atoms with van der Waals surface area (Å²) < 4.78 is 22.4. The lowest BCUT2D eigenvalue weighted by atomic mass is 10.4. The molecule has 0 saturated carbocycles. The summed E-state index contributed by atoms with van der Waals surface area (Å²) in [4.78, 5) is 2.16. The largest absolute Gasteiger partial charge is 0.395 e. The Labute approximate surface area is 79.5 Å². The fourth-order valence-corrected chi connectivity index (χ4v) is 2.53. The van der Waals surface area contributed by atoms with Gasteiger partial charge in [0.2, 0.25) is 0 Å². The van der Waals surface area contributed by atoms with Crippen molar-refractivity contribution in [2.75, 3.05) is 37.7 Å². The second kappa shape index (κ2) is 4.93. The predicted octanol–water partition coefficient (Wildman–Crippen LogP) is -0.511. The molecule has 1 N–H and O–H groups in total. The molecule has 0 aromatic heterocycles. The first kappa shape index (κ1) is 10.9. The van der Waals surface area contributed by atoms with Gasteiger partial charge in [0.15, 0.2) is 9.84 Å². The summed E-state index contributed by atoms with van der Waals surface area (Å²) in [6.45, 7) is 2.41. The molecule has 13 heavy (non-hydrogen) atoms. The molecule has 1 aliphatic rings. The smallest absolute Gasteiger partial charge is 0.153 e. The van der Waals surface area contributed by atoms with Gasteiger partial charge in [-0.3, -0.25) is 0 Å². The maximum Gasteiger partial charge on any atom is 0.153 e. The summed E-state index contributed by atoms with van der Waals surface area (Å²) in [6, 6.07) is 0. The van der Waals surface area contributed by atoms with E-state index in [-0.39, 0.29) is 18.1 Å². The lowest BCUT2D eigenvalue weighted by Gasteiger charge is -2.13. The van der Waals surface area contributed by atoms with Gasteiger partial charge in [-0.15, -0.1) is 0 Å². The summed E-state index contributed by atoms with van der Waals surface area (Å²) in [6.07, 6.45) is 2.36. The number of hydrogen-bond donors (Lipinski definition) is 1. The Morgan fingerprint density at radius 2 is 1.77 bits per heavy atom. The van der Waals surface area contributed by atoms with E-state index >= 15 is 0 Å². The Hall–Kier alpha value is -0.130. The Kier molecular flexibility index (Phi) is 4.15. The quantitative estimate of drug-likeness (QED) is 0.659. The number of aliphatic hydroxyl groups is 1. The van der Waals surface area contributed by atoms with Crippen molar-refractivity contribution in [2.24, 2.45) is 0 Å². The summed E-state index contributed by atoms with van der Waals surface area (Å²) >= 11 is 0. The van der Waals surface area contributed by atoms with Crippen LogP contribution in [0.25, 0.3) is 0 Å². The van der Waals surface area contributed by atoms with Crippen LogP contribution in [-0.4, -0.2) is 56.2 Å². The third kappa shape index (κ3) is 4.06. The molecule has 4 nitrogen and oxygen atoms in total. The van der Waals surface area contributed by atoms with Crippen LogP contribution in [-0.2, 0) is 9.84 Å². The molecule has 1 fully saturated rings. The maximum atomic E-state index is 11.2. The van der Waals surface area contributed by atoms with Crippen LogP contribution in [0.1, 0.15) is 12.8 Å². The zero-order chi connectivity index (χ0) is 9.73. The van der Waals surface area contributed by atoms with Gasteiger partial charge in [0, 0.05) is 6.54 Å². The van der Waals surface area contributed by atoms with Crippen molar-refractivity contribution in [1.29, 1.82) is 0 Å². The van der Waals surface area contributed by atoms with Gasteiger partial charge in [0.05, 0.1) is 18.1 Å². The van der Waals surface area contributed by atoms with E-state index in [1.165, 1.54) is 12.8 Å². The number of rotatable bonds is 5. The van der Waals surface area contributed by atoms with Gasteiger partial charge in [-0.1, -0.05) is 0 Å². The highest BCUT2D eigenvalue weighted by atomic mass is 32.2. The second-order valence-electron chi connectivity index (χ2n) is 3.42. The first-order valence-corrected chi connectivity index (χ1v) is 6.50. The lowest BCUT2D eigenvalue weighted by Crippen LogP contribution is -2.28. The minimum absolute atomic E-state index is 0.0964. The van der Waals surface area contributed by atoms with Gasteiger partial charge in [-0.2, -0.15) is 0 Å². The van der Waals surface area contributed by atoms with Crippen LogP contribution in [0.2, 0.25) is 0 Å². The molecule has 0 aromatic carbocycles. The van der Waals surface area contributed by atoms with Gasteiger partial charge < -0.3 is 10.0 Å². The lowest BCUT2D eigenvalue weighted by molar-refractivity contribution is 0.318. The standard InChI is InChI=1S/C8H17NO3S/c10-6-8-13(11,12)7-5-9-3-1-2-4-9/h10H,1-8H2. The minimum atomic E-state index is -3.01. The minimum Gasteiger partial charge on any atom is -0.395 e. The highest BCUT2D eigenvalue weighted by Crippen LogP contribution is 2.06. The molecule has 5 heteroatoms. The highest BCUT2D eigenvalue weighted by Gasteiger charge is 2.15. The number of hydrogen-bond acceptors (Lipinski definition) is 4. The molecule has 0 bridgehead atoms. The fourth-order valence-electron chi connectivity index (χ4n) is 1.52. The van der Waals surface area contributed by atoms with E-state index < -0.39 is 9.84 Å². The third-order valence-electron chi connectivity index (χ3n) is 2.32. The van der Waals surface area contributed by atoms with Gasteiger partial charge >= 0.3 is 0 Å². The van der Waals surface area contributed by atoms with E-state index in [4.69, 9.17) is 5.11 Å². The van der Waals surface area contributed by atoms with Crippen LogP contribution >= 0.6 is 0 Å². The molecule has 0 aliphatic carbocycles. The van der Waals surface area contributed by atoms with E-state index in [2.05, 4.69) is 4.90 Å². The molecule has 0 unspecified atom stereocenters. The molecule has 1 aliphatic heterocycles. The van der Waals surface area contributed by atoms with Gasteiger partial charge in [-0.05, 0) is 25.9 Å². The monoisotopic (exact) mass is 207 g/mol. The Balaban J connectivity index is 2.24. The fraction of sp³-hybridized carbons (Fsp3) is 1.00. The van der Waals surface area contributed by atoms with Gasteiger partial charge in [-0.25, -0.2) is 8.42 Å². The first-order valence-electron chi connectivity index (χ1n) is 4.68. The summed E-state index contributed by atoms with van der Waals surface area (Å²) in [7, 11) is -3.01. The van der Waals surface area contributed by atoms with E-state index in [9.17, 15) is 8.42 Å². The summed E-state index contributed by atoms with van der Waals surface area (Å²) in [5.41, 5.74) is 0. The number of aliphatic hydroxyl groups excluding tert-OH is 1. The number of likely N-dealkylation sites (tertiary alicyclic amines) is 1. The van der Waals surface area contributed by atoms with E-state index in [1.807, 2.05) is 0 Å². The van der Waals surface area contributed by atoms with E-state index in [1.54, 1.807) is 0 Å². The van der Waals surface area contributed by atoms with Crippen molar-refractivity contribution in [3.63, 3.8) is 0 Å². The number of sulfone groups is 1. The van der Waals surface area contributed by atoms with Crippen molar-refractivity contribution in [2.45, 2.75) is 12.8 Å². The number of nitrogens with zero attached hydrogens (tertiary/aromatic N) is 1. The molecule has 0 radical (unpaired) electrons. The molecule has 0 aromatic rings. The summed E-state index contributed by atoms with van der Waals surface area (Å²) in [5, 5.41) is 8.50. The van der Waals surface area contributed by atoms with Crippen molar-refractivity contribution in [3.05, 3.63) is 0 Å². The Bertz CT molecular complexity index is 232. The van der Waals surface area contributed by atoms with E-state index in [0.29, 0.717) is 6.54 Å². The molecule has 0 spiro atoms. The zero-order valence-corrected chi connectivity index (χ0v) is 8.59. The normalized spacial score (nSPS) is 19.5. The van der Waals surface area contributed by atoms with Crippen LogP contribution < -0.4 is 0 Å². The highest BCUT2D eigenvalue weighted by molar-refractivity contribution is 7.91. The topological polar surface area (TPSA) is 57.6 Å². The Morgan fingerprint density at radius 3 is 2.31 bits per heavy atom.